The molecule has 9 heavy (non-hydrogen) atoms. The Labute approximate surface area is 59.1 Å². The molecule has 0 fully saturated rings. The molecule has 0 rings (SSSR count). The van der Waals surface area contributed by atoms with Gasteiger partial charge < -0.3 is 4.90 Å². The predicted molar refractivity (Wildman–Crippen MR) is 42.4 cm³/mol. The molecular formula is C8H18N. The largest absolute Gasteiger partial charge is 0.303 e. The lowest BCUT2D eigenvalue weighted by molar-refractivity contribution is 0.316. The van der Waals surface area contributed by atoms with Gasteiger partial charge >= 0.3 is 0 Å². The zero-order valence-corrected chi connectivity index (χ0v) is 7.07. The third kappa shape index (κ3) is 4.46. The molecule has 0 aliphatic rings. The number of rotatable bonds is 4. The maximum absolute atomic E-state index is 2.41. The van der Waals surface area contributed by atoms with Gasteiger partial charge in [0.25, 0.3) is 0 Å². The Bertz CT molecular complexity index is 55.6. The van der Waals surface area contributed by atoms with E-state index in [4.69, 9.17) is 0 Å². The van der Waals surface area contributed by atoms with Crippen LogP contribution < -0.4 is 0 Å². The summed E-state index contributed by atoms with van der Waals surface area (Å²) in [5, 5.41) is 0. The Morgan fingerprint density at radius 3 is 1.67 bits per heavy atom. The lowest BCUT2D eigenvalue weighted by Crippen LogP contribution is -2.26. The highest BCUT2D eigenvalue weighted by molar-refractivity contribution is 4.80. The average Bonchev–Trinajstić information content (AvgIpc) is 1.82. The number of hydrogen-bond acceptors (Lipinski definition) is 1. The summed E-state index contributed by atoms with van der Waals surface area (Å²) in [6.07, 6.45) is 0. The second-order valence-corrected chi connectivity index (χ2v) is 2.67. The van der Waals surface area contributed by atoms with E-state index in [9.17, 15) is 0 Å². The summed E-state index contributed by atoms with van der Waals surface area (Å²) in [6, 6.07) is 0. The van der Waals surface area contributed by atoms with Gasteiger partial charge in [-0.25, -0.2) is 0 Å². The third-order valence-electron chi connectivity index (χ3n) is 1.43. The van der Waals surface area contributed by atoms with Crippen molar-refractivity contribution in [2.45, 2.75) is 27.7 Å². The van der Waals surface area contributed by atoms with E-state index in [-0.39, 0.29) is 0 Å². The highest BCUT2D eigenvalue weighted by atomic mass is 15.1. The molecule has 0 unspecified atom stereocenters. The molecule has 1 radical (unpaired) electrons. The highest BCUT2D eigenvalue weighted by Crippen LogP contribution is 1.98. The molecule has 0 spiro atoms. The fourth-order valence-corrected chi connectivity index (χ4v) is 0.894. The molecule has 1 heteroatoms. The van der Waals surface area contributed by atoms with Crippen LogP contribution in [0.3, 0.4) is 0 Å². The van der Waals surface area contributed by atoms with Crippen molar-refractivity contribution < 1.29 is 0 Å². The maximum atomic E-state index is 2.41. The van der Waals surface area contributed by atoms with Crippen molar-refractivity contribution in [1.29, 1.82) is 0 Å². The summed E-state index contributed by atoms with van der Waals surface area (Å²) in [6.45, 7) is 12.3. The summed E-state index contributed by atoms with van der Waals surface area (Å²) in [5.41, 5.74) is 0. The molecule has 0 amide bonds. The van der Waals surface area contributed by atoms with Crippen molar-refractivity contribution in [3.8, 4) is 0 Å². The molecule has 0 heterocycles. The van der Waals surface area contributed by atoms with Crippen LogP contribution in [0, 0.1) is 5.92 Å². The maximum Gasteiger partial charge on any atom is 0.00380 e. The molecular weight excluding hydrogens is 110 g/mol. The molecule has 0 atom stereocenters. The molecule has 0 aromatic rings. The molecule has 0 aromatic carbocycles. The van der Waals surface area contributed by atoms with E-state index in [0.717, 1.165) is 6.54 Å². The monoisotopic (exact) mass is 128 g/mol. The Kier molecular flexibility index (Phi) is 4.78. The summed E-state index contributed by atoms with van der Waals surface area (Å²) >= 11 is 0. The zero-order valence-electron chi connectivity index (χ0n) is 7.07. The molecule has 0 N–H and O–H groups in total. The van der Waals surface area contributed by atoms with Gasteiger partial charge in [-0.3, -0.25) is 0 Å². The summed E-state index contributed by atoms with van der Waals surface area (Å²) < 4.78 is 0. The van der Waals surface area contributed by atoms with Crippen LogP contribution in [0.25, 0.3) is 0 Å². The topological polar surface area (TPSA) is 3.24 Å². The van der Waals surface area contributed by atoms with E-state index in [2.05, 4.69) is 32.6 Å². The van der Waals surface area contributed by atoms with E-state index in [1.807, 2.05) is 0 Å². The second kappa shape index (κ2) is 4.80. The van der Waals surface area contributed by atoms with Gasteiger partial charge in [0.15, 0.2) is 0 Å². The lowest BCUT2D eigenvalue weighted by atomic mass is 10.2. The number of nitrogens with zero attached hydrogens (tertiary/aromatic N) is 1. The quantitative estimate of drug-likeness (QED) is 0.559. The van der Waals surface area contributed by atoms with Gasteiger partial charge in [0.2, 0.25) is 0 Å². The summed E-state index contributed by atoms with van der Waals surface area (Å²) in [7, 11) is 0. The van der Waals surface area contributed by atoms with E-state index >= 15 is 0 Å². The van der Waals surface area contributed by atoms with Crippen molar-refractivity contribution in [3.05, 3.63) is 5.92 Å². The van der Waals surface area contributed by atoms with Crippen LogP contribution in [-0.2, 0) is 0 Å². The van der Waals surface area contributed by atoms with Gasteiger partial charge in [-0.15, -0.1) is 0 Å². The minimum absolute atomic E-state index is 1.16. The Hall–Kier alpha value is -0.0400. The van der Waals surface area contributed by atoms with Crippen LogP contribution in [-0.4, -0.2) is 24.5 Å². The number of hydrogen-bond donors (Lipinski definition) is 0. The van der Waals surface area contributed by atoms with Crippen LogP contribution in [0.5, 0.6) is 0 Å². The second-order valence-electron chi connectivity index (χ2n) is 2.67. The van der Waals surface area contributed by atoms with Crippen molar-refractivity contribution in [2.75, 3.05) is 19.6 Å². The standard InChI is InChI=1S/C8H18N/c1-5-9(6-2)7-8(3)4/h5-7H2,1-4H3. The minimum atomic E-state index is 1.16. The third-order valence-corrected chi connectivity index (χ3v) is 1.43. The first kappa shape index (κ1) is 8.96. The fraction of sp³-hybridized carbons (Fsp3) is 0.875. The zero-order chi connectivity index (χ0) is 7.28. The van der Waals surface area contributed by atoms with Crippen molar-refractivity contribution >= 4 is 0 Å². The Morgan fingerprint density at radius 1 is 1.11 bits per heavy atom. The summed E-state index contributed by atoms with van der Waals surface area (Å²) in [4.78, 5) is 2.41. The first-order valence-corrected chi connectivity index (χ1v) is 3.72. The lowest BCUT2D eigenvalue weighted by Gasteiger charge is -2.19. The predicted octanol–water partition coefficient (Wildman–Crippen LogP) is 1.94. The van der Waals surface area contributed by atoms with Crippen LogP contribution in [0.1, 0.15) is 27.7 Å². The van der Waals surface area contributed by atoms with Gasteiger partial charge in [0, 0.05) is 6.54 Å². The smallest absolute Gasteiger partial charge is 0.00380 e. The van der Waals surface area contributed by atoms with Crippen LogP contribution >= 0.6 is 0 Å². The van der Waals surface area contributed by atoms with Gasteiger partial charge in [-0.1, -0.05) is 27.7 Å². The first-order chi connectivity index (χ1) is 4.20. The Balaban J connectivity index is 3.31. The minimum Gasteiger partial charge on any atom is -0.303 e. The normalized spacial score (nSPS) is 11.3. The fourth-order valence-electron chi connectivity index (χ4n) is 0.894. The van der Waals surface area contributed by atoms with Gasteiger partial charge in [-0.05, 0) is 19.0 Å². The highest BCUT2D eigenvalue weighted by Gasteiger charge is 2.00. The van der Waals surface area contributed by atoms with E-state index in [1.165, 1.54) is 19.0 Å². The molecule has 0 aliphatic carbocycles. The SMILES string of the molecule is CCN(CC)C[C](C)C. The van der Waals surface area contributed by atoms with Crippen molar-refractivity contribution in [3.63, 3.8) is 0 Å². The van der Waals surface area contributed by atoms with Crippen LogP contribution in [0.15, 0.2) is 0 Å². The van der Waals surface area contributed by atoms with E-state index in [0.29, 0.717) is 0 Å². The van der Waals surface area contributed by atoms with Crippen molar-refractivity contribution in [2.24, 2.45) is 0 Å². The van der Waals surface area contributed by atoms with Crippen LogP contribution in [0.2, 0.25) is 0 Å². The Morgan fingerprint density at radius 2 is 1.56 bits per heavy atom. The molecule has 0 aliphatic heterocycles. The van der Waals surface area contributed by atoms with Gasteiger partial charge in [0.05, 0.1) is 0 Å². The molecule has 0 bridgehead atoms. The van der Waals surface area contributed by atoms with Crippen LogP contribution in [0.4, 0.5) is 0 Å². The molecule has 0 aromatic heterocycles. The van der Waals surface area contributed by atoms with Gasteiger partial charge in [0.1, 0.15) is 0 Å². The summed E-state index contributed by atoms with van der Waals surface area (Å²) in [5.74, 6) is 1.50. The molecule has 55 valence electrons. The average molecular weight is 128 g/mol. The molecule has 1 nitrogen and oxygen atoms in total. The van der Waals surface area contributed by atoms with E-state index < -0.39 is 0 Å². The molecule has 0 saturated heterocycles. The first-order valence-electron chi connectivity index (χ1n) is 3.72. The van der Waals surface area contributed by atoms with Gasteiger partial charge in [-0.2, -0.15) is 0 Å². The molecule has 0 saturated carbocycles. The van der Waals surface area contributed by atoms with Crippen molar-refractivity contribution in [1.82, 2.24) is 4.90 Å². The van der Waals surface area contributed by atoms with E-state index in [1.54, 1.807) is 0 Å².